The van der Waals surface area contributed by atoms with Crippen LogP contribution in [-0.4, -0.2) is 55.2 Å². The van der Waals surface area contributed by atoms with Crippen LogP contribution in [0, 0.1) is 5.92 Å². The Labute approximate surface area is 102 Å². The third-order valence-corrected chi connectivity index (χ3v) is 4.39. The average Bonchev–Trinajstić information content (AvgIpc) is 2.38. The van der Waals surface area contributed by atoms with Gasteiger partial charge in [0, 0.05) is 19.6 Å². The van der Waals surface area contributed by atoms with Crippen molar-refractivity contribution in [3.05, 3.63) is 0 Å². The van der Waals surface area contributed by atoms with Gasteiger partial charge in [-0.3, -0.25) is 4.99 Å². The van der Waals surface area contributed by atoms with Gasteiger partial charge in [0.25, 0.3) is 0 Å². The molecule has 0 aliphatic carbocycles. The Bertz CT molecular complexity index is 235. The van der Waals surface area contributed by atoms with Gasteiger partial charge in [-0.15, -0.1) is 0 Å². The molecular weight excluding hydrogens is 222 g/mol. The lowest BCUT2D eigenvalue weighted by atomic mass is 10.1. The van der Waals surface area contributed by atoms with Gasteiger partial charge in [-0.05, 0) is 30.3 Å². The molecule has 5 heteroatoms. The Morgan fingerprint density at radius 2 is 2.25 bits per heavy atom. The van der Waals surface area contributed by atoms with Gasteiger partial charge in [-0.25, -0.2) is 0 Å². The highest BCUT2D eigenvalue weighted by atomic mass is 32.2. The molecule has 1 unspecified atom stereocenters. The predicted molar refractivity (Wildman–Crippen MR) is 68.9 cm³/mol. The standard InChI is InChI=1S/C11H21N3OS/c12-11(14-3-5-15-6-4-14)13-8-10-2-1-7-16-9-10/h10H,1-9H2,(H2,12,13). The van der Waals surface area contributed by atoms with E-state index in [4.69, 9.17) is 10.5 Å². The van der Waals surface area contributed by atoms with Crippen LogP contribution in [0.15, 0.2) is 4.99 Å². The number of morpholine rings is 1. The van der Waals surface area contributed by atoms with E-state index >= 15 is 0 Å². The first-order chi connectivity index (χ1) is 7.86. The molecule has 0 spiro atoms. The number of guanidine groups is 1. The van der Waals surface area contributed by atoms with E-state index in [0.29, 0.717) is 5.96 Å². The lowest BCUT2D eigenvalue weighted by Crippen LogP contribution is -2.45. The van der Waals surface area contributed by atoms with Crippen molar-refractivity contribution < 1.29 is 4.74 Å². The molecule has 2 N–H and O–H groups in total. The number of rotatable bonds is 2. The molecule has 2 aliphatic rings. The molecule has 0 bridgehead atoms. The first kappa shape index (κ1) is 12.0. The van der Waals surface area contributed by atoms with Gasteiger partial charge >= 0.3 is 0 Å². The van der Waals surface area contributed by atoms with Gasteiger partial charge in [0.2, 0.25) is 0 Å². The molecule has 0 radical (unpaired) electrons. The molecule has 0 amide bonds. The maximum absolute atomic E-state index is 5.98. The maximum Gasteiger partial charge on any atom is 0.191 e. The van der Waals surface area contributed by atoms with E-state index in [9.17, 15) is 0 Å². The van der Waals surface area contributed by atoms with Crippen LogP contribution in [0.4, 0.5) is 0 Å². The number of ether oxygens (including phenoxy) is 1. The van der Waals surface area contributed by atoms with E-state index in [2.05, 4.69) is 9.89 Å². The quantitative estimate of drug-likeness (QED) is 0.575. The van der Waals surface area contributed by atoms with Crippen LogP contribution in [0.2, 0.25) is 0 Å². The number of thioether (sulfide) groups is 1. The molecule has 2 fully saturated rings. The molecule has 0 aromatic heterocycles. The molecule has 1 atom stereocenters. The Morgan fingerprint density at radius 3 is 2.94 bits per heavy atom. The molecule has 2 aliphatic heterocycles. The van der Waals surface area contributed by atoms with E-state index in [1.165, 1.54) is 24.3 Å². The molecule has 2 heterocycles. The van der Waals surface area contributed by atoms with E-state index in [-0.39, 0.29) is 0 Å². The molecule has 0 aromatic rings. The van der Waals surface area contributed by atoms with Crippen molar-refractivity contribution in [3.8, 4) is 0 Å². The van der Waals surface area contributed by atoms with E-state index in [1.54, 1.807) is 0 Å². The number of nitrogens with zero attached hydrogens (tertiary/aromatic N) is 2. The monoisotopic (exact) mass is 243 g/mol. The summed E-state index contributed by atoms with van der Waals surface area (Å²) in [5.74, 6) is 4.01. The summed E-state index contributed by atoms with van der Waals surface area (Å²) >= 11 is 2.05. The smallest absolute Gasteiger partial charge is 0.191 e. The van der Waals surface area contributed by atoms with Crippen molar-refractivity contribution >= 4 is 17.7 Å². The van der Waals surface area contributed by atoms with Crippen molar-refractivity contribution in [2.24, 2.45) is 16.6 Å². The number of hydrogen-bond acceptors (Lipinski definition) is 3. The summed E-state index contributed by atoms with van der Waals surface area (Å²) in [4.78, 5) is 6.65. The Balaban J connectivity index is 1.76. The average molecular weight is 243 g/mol. The van der Waals surface area contributed by atoms with Crippen LogP contribution >= 0.6 is 11.8 Å². The number of nitrogens with two attached hydrogens (primary N) is 1. The highest BCUT2D eigenvalue weighted by Crippen LogP contribution is 2.22. The molecule has 2 saturated heterocycles. The van der Waals surface area contributed by atoms with Crippen LogP contribution in [0.1, 0.15) is 12.8 Å². The van der Waals surface area contributed by atoms with Gasteiger partial charge in [0.15, 0.2) is 5.96 Å². The largest absolute Gasteiger partial charge is 0.378 e. The fourth-order valence-electron chi connectivity index (χ4n) is 2.07. The van der Waals surface area contributed by atoms with Gasteiger partial charge in [0.05, 0.1) is 13.2 Å². The minimum absolute atomic E-state index is 0.707. The van der Waals surface area contributed by atoms with Crippen LogP contribution in [0.25, 0.3) is 0 Å². The maximum atomic E-state index is 5.98. The lowest BCUT2D eigenvalue weighted by molar-refractivity contribution is 0.0674. The molecule has 92 valence electrons. The molecule has 16 heavy (non-hydrogen) atoms. The third kappa shape index (κ3) is 3.56. The van der Waals surface area contributed by atoms with Crippen LogP contribution in [0.5, 0.6) is 0 Å². The van der Waals surface area contributed by atoms with Crippen molar-refractivity contribution in [3.63, 3.8) is 0 Å². The summed E-state index contributed by atoms with van der Waals surface area (Å²) in [5.41, 5.74) is 5.98. The molecule has 0 saturated carbocycles. The molecular formula is C11H21N3OS. The van der Waals surface area contributed by atoms with E-state index < -0.39 is 0 Å². The highest BCUT2D eigenvalue weighted by molar-refractivity contribution is 7.99. The van der Waals surface area contributed by atoms with Gasteiger partial charge < -0.3 is 15.4 Å². The van der Waals surface area contributed by atoms with E-state index in [0.717, 1.165) is 38.8 Å². The minimum Gasteiger partial charge on any atom is -0.378 e. The van der Waals surface area contributed by atoms with Crippen molar-refractivity contribution in [1.82, 2.24) is 4.90 Å². The first-order valence-electron chi connectivity index (χ1n) is 6.06. The topological polar surface area (TPSA) is 50.8 Å². The normalized spacial score (nSPS) is 28.1. The number of hydrogen-bond donors (Lipinski definition) is 1. The zero-order chi connectivity index (χ0) is 11.2. The van der Waals surface area contributed by atoms with Gasteiger partial charge in [-0.2, -0.15) is 11.8 Å². The Hall–Kier alpha value is -0.420. The van der Waals surface area contributed by atoms with Crippen LogP contribution < -0.4 is 5.73 Å². The SMILES string of the molecule is NC(=NCC1CCCSC1)N1CCOCC1. The van der Waals surface area contributed by atoms with Crippen LogP contribution in [0.3, 0.4) is 0 Å². The Kier molecular flexibility index (Phi) is 4.78. The fourth-order valence-corrected chi connectivity index (χ4v) is 3.21. The number of aliphatic imine (C=N–C) groups is 1. The lowest BCUT2D eigenvalue weighted by Gasteiger charge is -2.28. The summed E-state index contributed by atoms with van der Waals surface area (Å²) in [5, 5.41) is 0. The summed E-state index contributed by atoms with van der Waals surface area (Å²) < 4.78 is 5.29. The third-order valence-electron chi connectivity index (χ3n) is 3.10. The van der Waals surface area contributed by atoms with E-state index in [1.807, 2.05) is 11.8 Å². The summed E-state index contributed by atoms with van der Waals surface area (Å²) in [7, 11) is 0. The fraction of sp³-hybridized carbons (Fsp3) is 0.909. The summed E-state index contributed by atoms with van der Waals surface area (Å²) in [6.07, 6.45) is 2.65. The van der Waals surface area contributed by atoms with Gasteiger partial charge in [0.1, 0.15) is 0 Å². The summed E-state index contributed by atoms with van der Waals surface area (Å²) in [6, 6.07) is 0. The second-order valence-corrected chi connectivity index (χ2v) is 5.53. The van der Waals surface area contributed by atoms with Gasteiger partial charge in [-0.1, -0.05) is 0 Å². The highest BCUT2D eigenvalue weighted by Gasteiger charge is 2.15. The second-order valence-electron chi connectivity index (χ2n) is 4.38. The second kappa shape index (κ2) is 6.35. The molecule has 4 nitrogen and oxygen atoms in total. The Morgan fingerprint density at radius 1 is 1.44 bits per heavy atom. The van der Waals surface area contributed by atoms with Crippen molar-refractivity contribution in [2.45, 2.75) is 12.8 Å². The minimum atomic E-state index is 0.707. The zero-order valence-corrected chi connectivity index (χ0v) is 10.5. The zero-order valence-electron chi connectivity index (χ0n) is 9.73. The molecule has 0 aromatic carbocycles. The predicted octanol–water partition coefficient (Wildman–Crippen LogP) is 0.776. The van der Waals surface area contributed by atoms with Crippen molar-refractivity contribution in [1.29, 1.82) is 0 Å². The summed E-state index contributed by atoms with van der Waals surface area (Å²) in [6.45, 7) is 4.21. The first-order valence-corrected chi connectivity index (χ1v) is 7.22. The van der Waals surface area contributed by atoms with Crippen molar-refractivity contribution in [2.75, 3.05) is 44.4 Å². The molecule has 2 rings (SSSR count). The van der Waals surface area contributed by atoms with Crippen LogP contribution in [-0.2, 0) is 4.74 Å².